The molecule has 0 spiro atoms. The maximum atomic E-state index is 12.0. The fraction of sp³-hybridized carbons (Fsp3) is 0.600. The van der Waals surface area contributed by atoms with Crippen molar-refractivity contribution in [1.29, 1.82) is 0 Å². The van der Waals surface area contributed by atoms with Crippen LogP contribution in [0.25, 0.3) is 0 Å². The number of nitrogens with one attached hydrogen (secondary N) is 3. The second-order valence-corrected chi connectivity index (χ2v) is 8.08. The zero-order valence-corrected chi connectivity index (χ0v) is 18.5. The van der Waals surface area contributed by atoms with Gasteiger partial charge in [-0.25, -0.2) is 4.79 Å². The van der Waals surface area contributed by atoms with Crippen molar-refractivity contribution in [3.05, 3.63) is 24.0 Å². The lowest BCUT2D eigenvalue weighted by Gasteiger charge is -2.05. The van der Waals surface area contributed by atoms with Gasteiger partial charge in [-0.1, -0.05) is 32.1 Å². The van der Waals surface area contributed by atoms with Crippen LogP contribution in [0.3, 0.4) is 0 Å². The van der Waals surface area contributed by atoms with Crippen molar-refractivity contribution in [3.8, 4) is 5.88 Å². The van der Waals surface area contributed by atoms with E-state index in [1.807, 2.05) is 6.92 Å². The molecule has 2 amide bonds. The molecule has 2 aliphatic carbocycles. The summed E-state index contributed by atoms with van der Waals surface area (Å²) in [6.07, 6.45) is 5.54. The Morgan fingerprint density at radius 1 is 1.24 bits per heavy atom. The first kappa shape index (κ1) is 26.0. The largest absolute Gasteiger partial charge is 0.467 e. The number of aromatic nitrogens is 4. The van der Waals surface area contributed by atoms with E-state index in [1.165, 1.54) is 51.4 Å². The number of hydrogen-bond donors (Lipinski definition) is 4. The molecule has 10 nitrogen and oxygen atoms in total. The fourth-order valence-electron chi connectivity index (χ4n) is 2.85. The molecule has 0 saturated heterocycles. The number of anilines is 1. The van der Waals surface area contributed by atoms with Crippen LogP contribution < -0.4 is 15.4 Å². The Morgan fingerprint density at radius 2 is 1.85 bits per heavy atom. The second kappa shape index (κ2) is 11.6. The first-order valence-corrected chi connectivity index (χ1v) is 10.5. The van der Waals surface area contributed by atoms with Gasteiger partial charge in [-0.05, 0) is 19.8 Å². The molecule has 2 aromatic rings. The highest BCUT2D eigenvalue weighted by molar-refractivity contribution is 6.02. The third-order valence-electron chi connectivity index (χ3n) is 4.88. The predicted molar refractivity (Wildman–Crippen MR) is 113 cm³/mol. The molecule has 2 saturated carbocycles. The number of carbonyl (C=O) groups is 2. The summed E-state index contributed by atoms with van der Waals surface area (Å²) in [4.78, 5) is 21.8. The van der Waals surface area contributed by atoms with Gasteiger partial charge in [-0.3, -0.25) is 14.6 Å². The van der Waals surface area contributed by atoms with Crippen molar-refractivity contribution in [2.24, 2.45) is 7.05 Å². The van der Waals surface area contributed by atoms with E-state index >= 15 is 0 Å². The minimum absolute atomic E-state index is 0.0526. The van der Waals surface area contributed by atoms with Crippen LogP contribution in [0.5, 0.6) is 5.88 Å². The molecule has 4 N–H and O–H groups in total. The molecule has 2 fully saturated rings. The van der Waals surface area contributed by atoms with E-state index in [0.717, 1.165) is 23.6 Å². The van der Waals surface area contributed by atoms with Gasteiger partial charge in [-0.15, -0.1) is 5.10 Å². The molecule has 0 aromatic carbocycles. The predicted octanol–water partition coefficient (Wildman–Crippen LogP) is 4.09. The number of aryl methyl sites for hydroxylation is 1. The number of aromatic amines is 1. The molecule has 4 rings (SSSR count). The van der Waals surface area contributed by atoms with E-state index in [1.54, 1.807) is 0 Å². The lowest BCUT2D eigenvalue weighted by molar-refractivity contribution is -0.154. The third-order valence-corrected chi connectivity index (χ3v) is 4.88. The maximum Gasteiger partial charge on any atom is 0.422 e. The fourth-order valence-corrected chi connectivity index (χ4v) is 2.85. The van der Waals surface area contributed by atoms with Crippen LogP contribution in [-0.4, -0.2) is 55.4 Å². The van der Waals surface area contributed by atoms with Gasteiger partial charge in [0.15, 0.2) is 6.61 Å². The van der Waals surface area contributed by atoms with Crippen LogP contribution in [0, 0.1) is 0 Å². The molecule has 0 bridgehead atoms. The number of rotatable bonds is 5. The minimum Gasteiger partial charge on any atom is -0.467 e. The first-order chi connectivity index (χ1) is 15.5. The van der Waals surface area contributed by atoms with Crippen molar-refractivity contribution in [1.82, 2.24) is 25.3 Å². The molecule has 2 aromatic heterocycles. The van der Waals surface area contributed by atoms with Gasteiger partial charge in [0.25, 0.3) is 5.91 Å². The van der Waals surface area contributed by atoms with Crippen LogP contribution in [0.15, 0.2) is 18.3 Å². The van der Waals surface area contributed by atoms with Gasteiger partial charge in [0.05, 0.1) is 6.20 Å². The molecule has 33 heavy (non-hydrogen) atoms. The zero-order chi connectivity index (χ0) is 24.5. The average Bonchev–Trinajstić information content (AvgIpc) is 3.22. The Bertz CT molecular complexity index is 883. The molecule has 0 radical (unpaired) electrons. The first-order valence-electron chi connectivity index (χ1n) is 10.5. The summed E-state index contributed by atoms with van der Waals surface area (Å²) in [5.74, 6) is -0.473. The Labute approximate surface area is 188 Å². The zero-order valence-electron chi connectivity index (χ0n) is 18.5. The standard InChI is InChI=1S/C10H10F3N5O2.C5H9NO2.C5H10/c1-18-6(9(19)15-7-2-3-14-16-7)4-8(17-18)20-5-10(11,12)13;1-5(2-3-5)6-4(7)8;1-2-4-5-3-1/h2-4H,5H2,1H3,(H2,14,15,16,19);6H,2-3H2,1H3,(H,7,8);1-5H2. The molecule has 0 aliphatic heterocycles. The number of alkyl halides is 3. The van der Waals surface area contributed by atoms with Crippen molar-refractivity contribution < 1.29 is 32.6 Å². The summed E-state index contributed by atoms with van der Waals surface area (Å²) in [5.41, 5.74) is -0.0250. The molecule has 2 aliphatic rings. The van der Waals surface area contributed by atoms with Gasteiger partial charge >= 0.3 is 12.3 Å². The molecule has 2 heterocycles. The van der Waals surface area contributed by atoms with E-state index in [9.17, 15) is 22.8 Å². The number of H-pyrrole nitrogens is 1. The second-order valence-electron chi connectivity index (χ2n) is 8.08. The van der Waals surface area contributed by atoms with Crippen LogP contribution >= 0.6 is 0 Å². The number of halogens is 3. The number of carbonyl (C=O) groups excluding carboxylic acids is 1. The lowest BCUT2D eigenvalue weighted by atomic mass is 10.3. The van der Waals surface area contributed by atoms with E-state index < -0.39 is 24.8 Å². The quantitative estimate of drug-likeness (QED) is 0.516. The van der Waals surface area contributed by atoms with Crippen molar-refractivity contribution >= 4 is 17.8 Å². The monoisotopic (exact) mass is 474 g/mol. The van der Waals surface area contributed by atoms with Crippen LogP contribution in [-0.2, 0) is 7.05 Å². The average molecular weight is 474 g/mol. The van der Waals surface area contributed by atoms with Gasteiger partial charge < -0.3 is 20.5 Å². The summed E-state index contributed by atoms with van der Waals surface area (Å²) < 4.78 is 41.6. The molecule has 0 unspecified atom stereocenters. The Kier molecular flexibility index (Phi) is 9.12. The highest BCUT2D eigenvalue weighted by Crippen LogP contribution is 2.33. The van der Waals surface area contributed by atoms with Crippen LogP contribution in [0.4, 0.5) is 23.8 Å². The number of amides is 2. The molecular weight excluding hydrogens is 445 g/mol. The number of ether oxygens (including phenoxy) is 1. The molecular formula is C20H29F3N6O4. The summed E-state index contributed by atoms with van der Waals surface area (Å²) in [6, 6.07) is 2.65. The summed E-state index contributed by atoms with van der Waals surface area (Å²) in [5, 5.41) is 22.9. The van der Waals surface area contributed by atoms with E-state index in [4.69, 9.17) is 5.11 Å². The number of carboxylic acid groups (broad SMARTS) is 1. The van der Waals surface area contributed by atoms with Crippen LogP contribution in [0.1, 0.15) is 62.4 Å². The van der Waals surface area contributed by atoms with E-state index in [0.29, 0.717) is 5.82 Å². The van der Waals surface area contributed by atoms with Crippen LogP contribution in [0.2, 0.25) is 0 Å². The topological polar surface area (TPSA) is 134 Å². The van der Waals surface area contributed by atoms with E-state index in [-0.39, 0.29) is 17.1 Å². The number of nitrogens with zero attached hydrogens (tertiary/aromatic N) is 3. The SMILES string of the molecule is C1CCCC1.CC1(NC(=O)O)CC1.Cn1nc(OCC(F)(F)F)cc1C(=O)Nc1ccn[nH]1. The van der Waals surface area contributed by atoms with Crippen molar-refractivity contribution in [2.75, 3.05) is 11.9 Å². The summed E-state index contributed by atoms with van der Waals surface area (Å²) >= 11 is 0. The summed E-state index contributed by atoms with van der Waals surface area (Å²) in [7, 11) is 1.42. The van der Waals surface area contributed by atoms with Crippen molar-refractivity contribution in [3.63, 3.8) is 0 Å². The maximum absolute atomic E-state index is 12.0. The Balaban J connectivity index is 0.000000240. The normalized spacial score (nSPS) is 15.9. The number of hydrogen-bond acceptors (Lipinski definition) is 5. The Hall–Kier alpha value is -3.25. The highest BCUT2D eigenvalue weighted by atomic mass is 19.4. The highest BCUT2D eigenvalue weighted by Gasteiger charge is 2.38. The Morgan fingerprint density at radius 3 is 2.27 bits per heavy atom. The van der Waals surface area contributed by atoms with E-state index in [2.05, 4.69) is 30.7 Å². The minimum atomic E-state index is -4.46. The van der Waals surface area contributed by atoms with Gasteiger partial charge in [0, 0.05) is 24.7 Å². The summed E-state index contributed by atoms with van der Waals surface area (Å²) in [6.45, 7) is 0.437. The lowest BCUT2D eigenvalue weighted by Crippen LogP contribution is -2.32. The molecule has 13 heteroatoms. The third kappa shape index (κ3) is 10.3. The van der Waals surface area contributed by atoms with Gasteiger partial charge in [-0.2, -0.15) is 18.3 Å². The molecule has 0 atom stereocenters. The molecule has 184 valence electrons. The smallest absolute Gasteiger partial charge is 0.422 e. The van der Waals surface area contributed by atoms with Gasteiger partial charge in [0.1, 0.15) is 11.5 Å². The van der Waals surface area contributed by atoms with Crippen molar-refractivity contribution in [2.45, 2.75) is 63.6 Å². The van der Waals surface area contributed by atoms with Gasteiger partial charge in [0.2, 0.25) is 5.88 Å².